The molecule has 1 rings (SSSR count). The zero-order chi connectivity index (χ0) is 13.8. The molecule has 0 radical (unpaired) electrons. The Morgan fingerprint density at radius 2 is 2.17 bits per heavy atom. The van der Waals surface area contributed by atoms with Crippen LogP contribution in [0.4, 0.5) is 0 Å². The number of nitrogens with one attached hydrogen (secondary N) is 1. The SMILES string of the molecule is CC[C@@](C)(CC(=O)OC)NCc1c(C)noc1C. The normalized spacial score (nSPS) is 14.3. The number of aromatic nitrogens is 1. The molecule has 0 unspecified atom stereocenters. The van der Waals surface area contributed by atoms with Gasteiger partial charge in [0.15, 0.2) is 0 Å². The lowest BCUT2D eigenvalue weighted by Gasteiger charge is -2.28. The first-order chi connectivity index (χ1) is 8.41. The van der Waals surface area contributed by atoms with Gasteiger partial charge in [-0.05, 0) is 27.2 Å². The van der Waals surface area contributed by atoms with Crippen LogP contribution >= 0.6 is 0 Å². The van der Waals surface area contributed by atoms with Crippen molar-refractivity contribution >= 4 is 5.97 Å². The Kier molecular flexibility index (Phi) is 4.90. The number of nitrogens with zero attached hydrogens (tertiary/aromatic N) is 1. The van der Waals surface area contributed by atoms with Crippen molar-refractivity contribution < 1.29 is 14.1 Å². The number of hydrogen-bond acceptors (Lipinski definition) is 5. The maximum absolute atomic E-state index is 11.4. The molecular formula is C13H22N2O3. The van der Waals surface area contributed by atoms with Crippen molar-refractivity contribution in [3.8, 4) is 0 Å². The first kappa shape index (κ1) is 14.7. The second-order valence-corrected chi connectivity index (χ2v) is 4.82. The first-order valence-corrected chi connectivity index (χ1v) is 6.15. The average Bonchev–Trinajstić information content (AvgIpc) is 2.66. The molecule has 5 heteroatoms. The lowest BCUT2D eigenvalue weighted by atomic mass is 9.94. The van der Waals surface area contributed by atoms with Crippen LogP contribution in [0.1, 0.15) is 43.7 Å². The summed E-state index contributed by atoms with van der Waals surface area (Å²) < 4.78 is 9.84. The van der Waals surface area contributed by atoms with Gasteiger partial charge < -0.3 is 14.6 Å². The summed E-state index contributed by atoms with van der Waals surface area (Å²) in [4.78, 5) is 11.4. The zero-order valence-electron chi connectivity index (χ0n) is 11.8. The van der Waals surface area contributed by atoms with Crippen LogP contribution in [0.2, 0.25) is 0 Å². The fraction of sp³-hybridized carbons (Fsp3) is 0.692. The molecule has 18 heavy (non-hydrogen) atoms. The van der Waals surface area contributed by atoms with Crippen LogP contribution in [-0.2, 0) is 16.1 Å². The quantitative estimate of drug-likeness (QED) is 0.788. The Hall–Kier alpha value is -1.36. The van der Waals surface area contributed by atoms with Gasteiger partial charge in [0.25, 0.3) is 0 Å². The number of esters is 1. The van der Waals surface area contributed by atoms with E-state index < -0.39 is 0 Å². The van der Waals surface area contributed by atoms with Crippen molar-refractivity contribution in [2.45, 2.75) is 52.6 Å². The van der Waals surface area contributed by atoms with Gasteiger partial charge in [0, 0.05) is 17.6 Å². The van der Waals surface area contributed by atoms with Crippen LogP contribution in [0.5, 0.6) is 0 Å². The van der Waals surface area contributed by atoms with Gasteiger partial charge in [-0.25, -0.2) is 0 Å². The van der Waals surface area contributed by atoms with E-state index in [2.05, 4.69) is 10.5 Å². The summed E-state index contributed by atoms with van der Waals surface area (Å²) in [5, 5.41) is 7.31. The third kappa shape index (κ3) is 3.57. The van der Waals surface area contributed by atoms with Crippen LogP contribution < -0.4 is 5.32 Å². The van der Waals surface area contributed by atoms with Crippen molar-refractivity contribution in [3.05, 3.63) is 17.0 Å². The van der Waals surface area contributed by atoms with Gasteiger partial charge in [-0.2, -0.15) is 0 Å². The van der Waals surface area contributed by atoms with Crippen LogP contribution in [0.25, 0.3) is 0 Å². The topological polar surface area (TPSA) is 64.4 Å². The Balaban J connectivity index is 2.67. The molecule has 0 spiro atoms. The van der Waals surface area contributed by atoms with Crippen molar-refractivity contribution in [3.63, 3.8) is 0 Å². The average molecular weight is 254 g/mol. The van der Waals surface area contributed by atoms with E-state index in [1.165, 1.54) is 7.11 Å². The maximum Gasteiger partial charge on any atom is 0.307 e. The second kappa shape index (κ2) is 6.00. The van der Waals surface area contributed by atoms with Gasteiger partial charge in [0.1, 0.15) is 5.76 Å². The molecule has 0 saturated heterocycles. The van der Waals surface area contributed by atoms with Crippen LogP contribution in [0.3, 0.4) is 0 Å². The van der Waals surface area contributed by atoms with Crippen LogP contribution in [-0.4, -0.2) is 23.8 Å². The van der Waals surface area contributed by atoms with Gasteiger partial charge in [0.05, 0.1) is 19.2 Å². The number of carbonyl (C=O) groups is 1. The van der Waals surface area contributed by atoms with Crippen molar-refractivity contribution in [1.82, 2.24) is 10.5 Å². The van der Waals surface area contributed by atoms with E-state index in [1.54, 1.807) is 0 Å². The maximum atomic E-state index is 11.4. The Bertz CT molecular complexity index is 395. The van der Waals surface area contributed by atoms with Crippen LogP contribution in [0.15, 0.2) is 4.52 Å². The van der Waals surface area contributed by atoms with Gasteiger partial charge in [-0.15, -0.1) is 0 Å². The molecule has 0 aliphatic carbocycles. The minimum Gasteiger partial charge on any atom is -0.469 e. The summed E-state index contributed by atoms with van der Waals surface area (Å²) in [7, 11) is 1.41. The van der Waals surface area contributed by atoms with E-state index in [4.69, 9.17) is 9.26 Å². The van der Waals surface area contributed by atoms with E-state index in [0.717, 1.165) is 23.4 Å². The molecule has 102 valence electrons. The number of ether oxygens (including phenoxy) is 1. The minimum atomic E-state index is -0.275. The largest absolute Gasteiger partial charge is 0.469 e. The molecule has 1 aromatic heterocycles. The van der Waals surface area contributed by atoms with E-state index >= 15 is 0 Å². The van der Waals surface area contributed by atoms with Gasteiger partial charge in [-0.3, -0.25) is 4.79 Å². The monoisotopic (exact) mass is 254 g/mol. The van der Waals surface area contributed by atoms with E-state index in [0.29, 0.717) is 13.0 Å². The Labute approximate surface area is 108 Å². The zero-order valence-corrected chi connectivity index (χ0v) is 11.8. The summed E-state index contributed by atoms with van der Waals surface area (Å²) in [6.45, 7) is 8.51. The number of methoxy groups -OCH3 is 1. The molecule has 1 aromatic rings. The van der Waals surface area contributed by atoms with Gasteiger partial charge in [-0.1, -0.05) is 12.1 Å². The van der Waals surface area contributed by atoms with Crippen molar-refractivity contribution in [2.24, 2.45) is 0 Å². The molecule has 0 aliphatic rings. The summed E-state index contributed by atoms with van der Waals surface area (Å²) in [5.74, 6) is 0.613. The number of carbonyl (C=O) groups excluding carboxylic acids is 1. The Morgan fingerprint density at radius 1 is 1.50 bits per heavy atom. The minimum absolute atomic E-state index is 0.203. The van der Waals surface area contributed by atoms with E-state index in [9.17, 15) is 4.79 Å². The molecule has 1 heterocycles. The molecule has 0 bridgehead atoms. The van der Waals surface area contributed by atoms with Crippen molar-refractivity contribution in [1.29, 1.82) is 0 Å². The number of rotatable bonds is 6. The fourth-order valence-corrected chi connectivity index (χ4v) is 1.76. The first-order valence-electron chi connectivity index (χ1n) is 6.15. The molecule has 0 amide bonds. The summed E-state index contributed by atoms with van der Waals surface area (Å²) in [5.41, 5.74) is 1.67. The number of aryl methyl sites for hydroxylation is 2. The summed E-state index contributed by atoms with van der Waals surface area (Å²) in [6, 6.07) is 0. The highest BCUT2D eigenvalue weighted by atomic mass is 16.5. The lowest BCUT2D eigenvalue weighted by Crippen LogP contribution is -2.43. The third-order valence-corrected chi connectivity index (χ3v) is 3.42. The van der Waals surface area contributed by atoms with Gasteiger partial charge in [0.2, 0.25) is 0 Å². The predicted octanol–water partition coefficient (Wildman–Crippen LogP) is 2.11. The van der Waals surface area contributed by atoms with Crippen LogP contribution in [0, 0.1) is 13.8 Å². The molecule has 0 aromatic carbocycles. The summed E-state index contributed by atoms with van der Waals surface area (Å²) in [6.07, 6.45) is 1.19. The molecule has 0 aliphatic heterocycles. The number of hydrogen-bond donors (Lipinski definition) is 1. The molecule has 0 saturated carbocycles. The molecule has 0 fully saturated rings. The van der Waals surface area contributed by atoms with Crippen molar-refractivity contribution in [2.75, 3.05) is 7.11 Å². The fourth-order valence-electron chi connectivity index (χ4n) is 1.76. The standard InChI is InChI=1S/C13H22N2O3/c1-6-13(4,7-12(16)17-5)14-8-11-9(2)15-18-10(11)3/h14H,6-8H2,1-5H3/t13-/m0/s1. The third-order valence-electron chi connectivity index (χ3n) is 3.42. The second-order valence-electron chi connectivity index (χ2n) is 4.82. The smallest absolute Gasteiger partial charge is 0.307 e. The molecule has 5 nitrogen and oxygen atoms in total. The highest BCUT2D eigenvalue weighted by Crippen LogP contribution is 2.18. The molecule has 1 atom stereocenters. The molecule has 1 N–H and O–H groups in total. The molecular weight excluding hydrogens is 232 g/mol. The Morgan fingerprint density at radius 3 is 2.61 bits per heavy atom. The van der Waals surface area contributed by atoms with Gasteiger partial charge >= 0.3 is 5.97 Å². The highest BCUT2D eigenvalue weighted by molar-refractivity contribution is 5.70. The predicted molar refractivity (Wildman–Crippen MR) is 68.1 cm³/mol. The highest BCUT2D eigenvalue weighted by Gasteiger charge is 2.26. The van der Waals surface area contributed by atoms with E-state index in [-0.39, 0.29) is 11.5 Å². The van der Waals surface area contributed by atoms with E-state index in [1.807, 2.05) is 27.7 Å². The lowest BCUT2D eigenvalue weighted by molar-refractivity contribution is -0.142. The summed E-state index contributed by atoms with van der Waals surface area (Å²) >= 11 is 0.